The van der Waals surface area contributed by atoms with E-state index in [0.717, 1.165) is 26.1 Å². The second-order valence-electron chi connectivity index (χ2n) is 5.38. The molecule has 0 aromatic rings. The summed E-state index contributed by atoms with van der Waals surface area (Å²) in [4.78, 5) is 12.0. The minimum Gasteiger partial charge on any atom is -0.385 e. The van der Waals surface area contributed by atoms with Crippen molar-refractivity contribution in [3.05, 3.63) is 0 Å². The van der Waals surface area contributed by atoms with Crippen molar-refractivity contribution in [1.82, 2.24) is 10.6 Å². The molecule has 1 amide bonds. The molecule has 0 aromatic heterocycles. The Bertz CT molecular complexity index is 279. The van der Waals surface area contributed by atoms with Crippen molar-refractivity contribution < 1.29 is 14.3 Å². The second-order valence-corrected chi connectivity index (χ2v) is 5.38. The fraction of sp³-hybridized carbons (Fsp3) is 0.923. The number of ether oxygens (including phenoxy) is 2. The molecule has 6 heteroatoms. The summed E-state index contributed by atoms with van der Waals surface area (Å²) in [5, 5.41) is 6.21. The molecule has 2 aliphatic rings. The van der Waals surface area contributed by atoms with Gasteiger partial charge in [-0.2, -0.15) is 0 Å². The van der Waals surface area contributed by atoms with Crippen molar-refractivity contribution in [2.24, 2.45) is 5.41 Å². The van der Waals surface area contributed by atoms with Gasteiger partial charge in [-0.25, -0.2) is 0 Å². The van der Waals surface area contributed by atoms with Crippen LogP contribution in [0.15, 0.2) is 0 Å². The summed E-state index contributed by atoms with van der Waals surface area (Å²) in [6.07, 6.45) is 4.37. The Morgan fingerprint density at radius 1 is 1.53 bits per heavy atom. The van der Waals surface area contributed by atoms with Gasteiger partial charge >= 0.3 is 0 Å². The van der Waals surface area contributed by atoms with Gasteiger partial charge in [-0.05, 0) is 24.7 Å². The van der Waals surface area contributed by atoms with E-state index in [0.29, 0.717) is 13.2 Å². The highest BCUT2D eigenvalue weighted by Gasteiger charge is 2.37. The first-order valence-corrected chi connectivity index (χ1v) is 6.85. The summed E-state index contributed by atoms with van der Waals surface area (Å²) in [5.74, 6) is 0.0193. The number of carbonyl (C=O) groups is 1. The van der Waals surface area contributed by atoms with Crippen LogP contribution in [0.3, 0.4) is 0 Å². The minimum atomic E-state index is -0.321. The SMILES string of the molecule is COCCC1(CNC(=O)C2CNCCO2)CCC1.Cl. The van der Waals surface area contributed by atoms with Crippen LogP contribution in [0.2, 0.25) is 0 Å². The van der Waals surface area contributed by atoms with E-state index < -0.39 is 0 Å². The molecule has 2 rings (SSSR count). The van der Waals surface area contributed by atoms with Crippen molar-refractivity contribution in [2.75, 3.05) is 40.0 Å². The van der Waals surface area contributed by atoms with E-state index in [4.69, 9.17) is 9.47 Å². The zero-order chi connectivity index (χ0) is 12.8. The summed E-state index contributed by atoms with van der Waals surface area (Å²) >= 11 is 0. The van der Waals surface area contributed by atoms with Gasteiger partial charge in [0.15, 0.2) is 0 Å². The van der Waals surface area contributed by atoms with E-state index in [9.17, 15) is 4.79 Å². The predicted molar refractivity (Wildman–Crippen MR) is 75.6 cm³/mol. The Kier molecular flexibility index (Phi) is 7.07. The number of methoxy groups -OCH3 is 1. The number of hydrogen-bond acceptors (Lipinski definition) is 4. The fourth-order valence-electron chi connectivity index (χ4n) is 2.63. The van der Waals surface area contributed by atoms with Crippen LogP contribution in [0.25, 0.3) is 0 Å². The molecule has 1 atom stereocenters. The Hall–Kier alpha value is -0.360. The van der Waals surface area contributed by atoms with Gasteiger partial charge in [-0.15, -0.1) is 12.4 Å². The number of amides is 1. The van der Waals surface area contributed by atoms with Gasteiger partial charge in [-0.1, -0.05) is 6.42 Å². The van der Waals surface area contributed by atoms with Crippen molar-refractivity contribution in [3.63, 3.8) is 0 Å². The van der Waals surface area contributed by atoms with E-state index in [1.54, 1.807) is 7.11 Å². The molecule has 1 unspecified atom stereocenters. The molecule has 0 radical (unpaired) electrons. The number of hydrogen-bond donors (Lipinski definition) is 2. The van der Waals surface area contributed by atoms with Gasteiger partial charge in [0.05, 0.1) is 6.61 Å². The molecule has 2 N–H and O–H groups in total. The number of halogens is 1. The summed E-state index contributed by atoms with van der Waals surface area (Å²) in [5.41, 5.74) is 0.272. The molecule has 112 valence electrons. The monoisotopic (exact) mass is 292 g/mol. The van der Waals surface area contributed by atoms with Gasteiger partial charge in [0.2, 0.25) is 5.91 Å². The second kappa shape index (κ2) is 8.04. The fourth-order valence-corrected chi connectivity index (χ4v) is 2.63. The van der Waals surface area contributed by atoms with Crippen LogP contribution in [0.5, 0.6) is 0 Å². The summed E-state index contributed by atoms with van der Waals surface area (Å²) in [6.45, 7) is 3.61. The third-order valence-corrected chi connectivity index (χ3v) is 4.11. The van der Waals surface area contributed by atoms with Gasteiger partial charge in [0.25, 0.3) is 0 Å². The third kappa shape index (κ3) is 4.60. The molecule has 19 heavy (non-hydrogen) atoms. The number of morpholine rings is 1. The molecule has 0 bridgehead atoms. The van der Waals surface area contributed by atoms with Crippen LogP contribution in [0.4, 0.5) is 0 Å². The lowest BCUT2D eigenvalue weighted by Gasteiger charge is -2.42. The molecule has 1 heterocycles. The Balaban J connectivity index is 0.00000180. The topological polar surface area (TPSA) is 59.6 Å². The molecule has 1 aliphatic heterocycles. The maximum atomic E-state index is 12.0. The molecule has 5 nitrogen and oxygen atoms in total. The molecule has 1 saturated carbocycles. The first-order chi connectivity index (χ1) is 8.76. The quantitative estimate of drug-likeness (QED) is 0.757. The molecule has 1 saturated heterocycles. The van der Waals surface area contributed by atoms with Crippen LogP contribution in [0.1, 0.15) is 25.7 Å². The highest BCUT2D eigenvalue weighted by atomic mass is 35.5. The molecule has 2 fully saturated rings. The van der Waals surface area contributed by atoms with Crippen molar-refractivity contribution in [1.29, 1.82) is 0 Å². The van der Waals surface area contributed by atoms with E-state index >= 15 is 0 Å². The Morgan fingerprint density at radius 3 is 2.84 bits per heavy atom. The molecular formula is C13H25ClN2O3. The van der Waals surface area contributed by atoms with E-state index in [2.05, 4.69) is 10.6 Å². The maximum absolute atomic E-state index is 12.0. The van der Waals surface area contributed by atoms with Crippen molar-refractivity contribution in [3.8, 4) is 0 Å². The van der Waals surface area contributed by atoms with E-state index in [1.165, 1.54) is 19.3 Å². The van der Waals surface area contributed by atoms with Crippen LogP contribution < -0.4 is 10.6 Å². The van der Waals surface area contributed by atoms with Gasteiger partial charge in [0, 0.05) is 33.4 Å². The van der Waals surface area contributed by atoms with Crippen LogP contribution in [-0.2, 0) is 14.3 Å². The average molecular weight is 293 g/mol. The first-order valence-electron chi connectivity index (χ1n) is 6.85. The third-order valence-electron chi connectivity index (χ3n) is 4.11. The van der Waals surface area contributed by atoms with Gasteiger partial charge in [-0.3, -0.25) is 4.79 Å². The lowest BCUT2D eigenvalue weighted by atomic mass is 9.66. The Morgan fingerprint density at radius 2 is 2.32 bits per heavy atom. The molecule has 0 spiro atoms. The Labute approximate surface area is 121 Å². The molecule has 1 aliphatic carbocycles. The van der Waals surface area contributed by atoms with E-state index in [1.807, 2.05) is 0 Å². The van der Waals surface area contributed by atoms with Crippen LogP contribution in [-0.4, -0.2) is 52.0 Å². The smallest absolute Gasteiger partial charge is 0.250 e. The highest BCUT2D eigenvalue weighted by Crippen LogP contribution is 2.43. The zero-order valence-electron chi connectivity index (χ0n) is 11.6. The van der Waals surface area contributed by atoms with Crippen LogP contribution in [0, 0.1) is 5.41 Å². The molecular weight excluding hydrogens is 268 g/mol. The summed E-state index contributed by atoms with van der Waals surface area (Å²) < 4.78 is 10.6. The summed E-state index contributed by atoms with van der Waals surface area (Å²) in [6, 6.07) is 0. The van der Waals surface area contributed by atoms with Gasteiger partial charge in [0.1, 0.15) is 6.10 Å². The maximum Gasteiger partial charge on any atom is 0.250 e. The van der Waals surface area contributed by atoms with E-state index in [-0.39, 0.29) is 29.8 Å². The first kappa shape index (κ1) is 16.7. The minimum absolute atomic E-state index is 0. The standard InChI is InChI=1S/C13H24N2O3.ClH/c1-17-7-5-13(3-2-4-13)10-15-12(16)11-9-14-6-8-18-11;/h11,14H,2-10H2,1H3,(H,15,16);1H. The lowest BCUT2D eigenvalue weighted by Crippen LogP contribution is -2.51. The van der Waals surface area contributed by atoms with Gasteiger partial charge < -0.3 is 20.1 Å². The van der Waals surface area contributed by atoms with Crippen molar-refractivity contribution >= 4 is 18.3 Å². The largest absolute Gasteiger partial charge is 0.385 e. The average Bonchev–Trinajstić information content (AvgIpc) is 2.38. The summed E-state index contributed by atoms with van der Waals surface area (Å²) in [7, 11) is 1.73. The normalized spacial score (nSPS) is 25.0. The van der Waals surface area contributed by atoms with Crippen LogP contribution >= 0.6 is 12.4 Å². The highest BCUT2D eigenvalue weighted by molar-refractivity contribution is 5.85. The lowest BCUT2D eigenvalue weighted by molar-refractivity contribution is -0.135. The predicted octanol–water partition coefficient (Wildman–Crippen LogP) is 0.720. The van der Waals surface area contributed by atoms with Crippen molar-refractivity contribution in [2.45, 2.75) is 31.8 Å². The molecule has 0 aromatic carbocycles. The number of nitrogens with one attached hydrogen (secondary N) is 2. The number of rotatable bonds is 6. The zero-order valence-corrected chi connectivity index (χ0v) is 12.4. The number of carbonyl (C=O) groups excluding carboxylic acids is 1.